The molecule has 0 radical (unpaired) electrons. The first-order valence-corrected chi connectivity index (χ1v) is 10.8. The molecule has 2 amide bonds. The van der Waals surface area contributed by atoms with Crippen molar-refractivity contribution >= 4 is 17.6 Å². The van der Waals surface area contributed by atoms with E-state index in [4.69, 9.17) is 16.3 Å². The van der Waals surface area contributed by atoms with Crippen molar-refractivity contribution in [1.29, 1.82) is 0 Å². The van der Waals surface area contributed by atoms with Crippen LogP contribution in [0.3, 0.4) is 0 Å². The number of rotatable bonds is 6. The predicted octanol–water partition coefficient (Wildman–Crippen LogP) is 4.79. The lowest BCUT2D eigenvalue weighted by Gasteiger charge is -2.39. The minimum absolute atomic E-state index is 0.107. The van der Waals surface area contributed by atoms with Crippen LogP contribution in [0.4, 0.5) is 4.79 Å². The van der Waals surface area contributed by atoms with Gasteiger partial charge >= 0.3 is 6.03 Å². The van der Waals surface area contributed by atoms with E-state index in [-0.39, 0.29) is 18.8 Å². The summed E-state index contributed by atoms with van der Waals surface area (Å²) >= 11 is 5.87. The zero-order valence-corrected chi connectivity index (χ0v) is 18.0. The third-order valence-electron chi connectivity index (χ3n) is 5.47. The van der Waals surface area contributed by atoms with Crippen LogP contribution in [-0.4, -0.2) is 48.7 Å². The maximum atomic E-state index is 12.6. The van der Waals surface area contributed by atoms with Crippen molar-refractivity contribution in [3.63, 3.8) is 0 Å². The van der Waals surface area contributed by atoms with Gasteiger partial charge in [-0.2, -0.15) is 0 Å². The Balaban J connectivity index is 1.33. The topological polar surface area (TPSA) is 44.8 Å². The maximum Gasteiger partial charge on any atom is 0.320 e. The van der Waals surface area contributed by atoms with E-state index in [2.05, 4.69) is 58.7 Å². The van der Waals surface area contributed by atoms with E-state index < -0.39 is 0 Å². The van der Waals surface area contributed by atoms with Crippen LogP contribution in [0.5, 0.6) is 5.75 Å². The third kappa shape index (κ3) is 5.57. The average Bonchev–Trinajstić information content (AvgIpc) is 2.82. The molecule has 1 N–H and O–H groups in total. The number of nitrogens with zero attached hydrogens (tertiary/aromatic N) is 2. The molecule has 0 saturated carbocycles. The van der Waals surface area contributed by atoms with Gasteiger partial charge in [0, 0.05) is 31.2 Å². The van der Waals surface area contributed by atoms with Crippen molar-refractivity contribution in [2.24, 2.45) is 0 Å². The van der Waals surface area contributed by atoms with Gasteiger partial charge in [-0.3, -0.25) is 4.90 Å². The minimum Gasteiger partial charge on any atom is -0.473 e. The van der Waals surface area contributed by atoms with Crippen LogP contribution in [0.1, 0.15) is 17.2 Å². The van der Waals surface area contributed by atoms with Gasteiger partial charge in [0.2, 0.25) is 0 Å². The lowest BCUT2D eigenvalue weighted by Crippen LogP contribution is -2.53. The molecular formula is C25H26ClN3O2. The van der Waals surface area contributed by atoms with Gasteiger partial charge in [0.05, 0.1) is 6.04 Å². The molecule has 0 atom stereocenters. The zero-order valence-electron chi connectivity index (χ0n) is 17.3. The Kier molecular flexibility index (Phi) is 7.07. The number of hydrogen-bond acceptors (Lipinski definition) is 3. The number of halogens is 1. The van der Waals surface area contributed by atoms with Crippen molar-refractivity contribution in [2.75, 3.05) is 32.9 Å². The fraction of sp³-hybridized carbons (Fsp3) is 0.240. The lowest BCUT2D eigenvalue weighted by atomic mass is 9.96. The van der Waals surface area contributed by atoms with Gasteiger partial charge in [-0.15, -0.1) is 0 Å². The molecule has 1 fully saturated rings. The normalized spacial score (nSPS) is 14.5. The Morgan fingerprint density at radius 2 is 1.39 bits per heavy atom. The number of nitrogens with one attached hydrogen (secondary N) is 1. The molecule has 5 nitrogen and oxygen atoms in total. The average molecular weight is 436 g/mol. The highest BCUT2D eigenvalue weighted by molar-refractivity contribution is 6.30. The molecule has 0 aromatic heterocycles. The van der Waals surface area contributed by atoms with Crippen molar-refractivity contribution in [3.8, 4) is 5.75 Å². The van der Waals surface area contributed by atoms with Crippen LogP contribution in [0.2, 0.25) is 5.02 Å². The van der Waals surface area contributed by atoms with Crippen LogP contribution in [0.15, 0.2) is 84.9 Å². The molecule has 1 saturated heterocycles. The Labute approximate surface area is 188 Å². The SMILES string of the molecule is O=C(NCOc1ccc(Cl)cc1)N1CCN(C(c2ccccc2)c2ccccc2)CC1. The Hall–Kier alpha value is -3.02. The van der Waals surface area contributed by atoms with E-state index in [0.717, 1.165) is 13.1 Å². The van der Waals surface area contributed by atoms with Gasteiger partial charge in [-0.1, -0.05) is 72.3 Å². The molecule has 1 aliphatic rings. The summed E-state index contributed by atoms with van der Waals surface area (Å²) < 4.78 is 5.57. The number of urea groups is 1. The highest BCUT2D eigenvalue weighted by Crippen LogP contribution is 2.29. The van der Waals surface area contributed by atoms with E-state index in [1.54, 1.807) is 24.3 Å². The molecular weight excluding hydrogens is 410 g/mol. The zero-order chi connectivity index (χ0) is 21.5. The summed E-state index contributed by atoms with van der Waals surface area (Å²) in [5.41, 5.74) is 2.53. The van der Waals surface area contributed by atoms with E-state index in [1.165, 1.54) is 11.1 Å². The maximum absolute atomic E-state index is 12.6. The smallest absolute Gasteiger partial charge is 0.320 e. The number of piperazine rings is 1. The van der Waals surface area contributed by atoms with Crippen LogP contribution >= 0.6 is 11.6 Å². The second kappa shape index (κ2) is 10.3. The summed E-state index contributed by atoms with van der Waals surface area (Å²) in [4.78, 5) is 16.8. The molecule has 0 spiro atoms. The number of benzene rings is 3. The molecule has 31 heavy (non-hydrogen) atoms. The Bertz CT molecular complexity index is 920. The molecule has 4 rings (SSSR count). The first kappa shape index (κ1) is 21.2. The van der Waals surface area contributed by atoms with Crippen molar-refractivity contribution in [3.05, 3.63) is 101 Å². The Morgan fingerprint density at radius 1 is 0.839 bits per heavy atom. The summed E-state index contributed by atoms with van der Waals surface area (Å²) in [6.45, 7) is 3.07. The van der Waals surface area contributed by atoms with Gasteiger partial charge in [-0.05, 0) is 35.4 Å². The number of ether oxygens (including phenoxy) is 1. The van der Waals surface area contributed by atoms with Gasteiger partial charge in [0.25, 0.3) is 0 Å². The van der Waals surface area contributed by atoms with Gasteiger partial charge < -0.3 is 15.0 Å². The minimum atomic E-state index is -0.107. The first-order valence-electron chi connectivity index (χ1n) is 10.5. The van der Waals surface area contributed by atoms with Gasteiger partial charge in [0.1, 0.15) is 5.75 Å². The van der Waals surface area contributed by atoms with Crippen LogP contribution in [0, 0.1) is 0 Å². The fourth-order valence-electron chi connectivity index (χ4n) is 3.89. The van der Waals surface area contributed by atoms with Crippen LogP contribution in [-0.2, 0) is 0 Å². The number of amides is 2. The highest BCUT2D eigenvalue weighted by Gasteiger charge is 2.28. The summed E-state index contributed by atoms with van der Waals surface area (Å²) in [7, 11) is 0. The standard InChI is InChI=1S/C25H26ClN3O2/c26-22-11-13-23(14-12-22)31-19-27-25(30)29-17-15-28(16-18-29)24(20-7-3-1-4-8-20)21-9-5-2-6-10-21/h1-14,24H,15-19H2,(H,27,30). The van der Waals surface area contributed by atoms with Gasteiger partial charge in [0.15, 0.2) is 6.73 Å². The summed E-state index contributed by atoms with van der Waals surface area (Å²) in [6, 6.07) is 28.2. The van der Waals surface area contributed by atoms with Gasteiger partial charge in [-0.25, -0.2) is 4.79 Å². The Morgan fingerprint density at radius 3 is 1.94 bits per heavy atom. The molecule has 3 aromatic carbocycles. The molecule has 160 valence electrons. The number of carbonyl (C=O) groups excluding carboxylic acids is 1. The molecule has 3 aromatic rings. The molecule has 1 heterocycles. The third-order valence-corrected chi connectivity index (χ3v) is 5.73. The molecule has 0 aliphatic carbocycles. The van der Waals surface area contributed by atoms with Crippen molar-refractivity contribution in [1.82, 2.24) is 15.1 Å². The van der Waals surface area contributed by atoms with E-state index in [0.29, 0.717) is 23.9 Å². The molecule has 1 aliphatic heterocycles. The quantitative estimate of drug-likeness (QED) is 0.566. The first-order chi connectivity index (χ1) is 15.2. The van der Waals surface area contributed by atoms with Crippen molar-refractivity contribution in [2.45, 2.75) is 6.04 Å². The van der Waals surface area contributed by atoms with E-state index in [9.17, 15) is 4.79 Å². The van der Waals surface area contributed by atoms with Crippen LogP contribution in [0.25, 0.3) is 0 Å². The second-order valence-corrected chi connectivity index (χ2v) is 7.91. The van der Waals surface area contributed by atoms with Crippen molar-refractivity contribution < 1.29 is 9.53 Å². The summed E-state index contributed by atoms with van der Waals surface area (Å²) in [6.07, 6.45) is 0. The summed E-state index contributed by atoms with van der Waals surface area (Å²) in [5, 5.41) is 3.49. The molecule has 0 bridgehead atoms. The highest BCUT2D eigenvalue weighted by atomic mass is 35.5. The lowest BCUT2D eigenvalue weighted by molar-refractivity contribution is 0.116. The number of hydrogen-bond donors (Lipinski definition) is 1. The fourth-order valence-corrected chi connectivity index (χ4v) is 4.02. The monoisotopic (exact) mass is 435 g/mol. The predicted molar refractivity (Wildman–Crippen MR) is 123 cm³/mol. The largest absolute Gasteiger partial charge is 0.473 e. The number of carbonyl (C=O) groups is 1. The van der Waals surface area contributed by atoms with Crippen LogP contribution < -0.4 is 10.1 Å². The molecule has 6 heteroatoms. The van der Waals surface area contributed by atoms with E-state index >= 15 is 0 Å². The van der Waals surface area contributed by atoms with E-state index in [1.807, 2.05) is 17.0 Å². The second-order valence-electron chi connectivity index (χ2n) is 7.47. The molecule has 0 unspecified atom stereocenters. The summed E-state index contributed by atoms with van der Waals surface area (Å²) in [5.74, 6) is 0.670.